The first kappa shape index (κ1) is 14.2. The Morgan fingerprint density at radius 2 is 1.82 bits per heavy atom. The van der Waals surface area contributed by atoms with Crippen LogP contribution in [0.4, 0.5) is 0 Å². The minimum atomic E-state index is -2.87. The van der Waals surface area contributed by atoms with Crippen LogP contribution in [0.3, 0.4) is 0 Å². The summed E-state index contributed by atoms with van der Waals surface area (Å²) in [5.41, 5.74) is 2.42. The minimum Gasteiger partial charge on any atom is -0.309 e. The second-order valence-electron chi connectivity index (χ2n) is 4.32. The molecule has 0 bridgehead atoms. The summed E-state index contributed by atoms with van der Waals surface area (Å²) in [5.74, 6) is 0.424. The molecule has 0 aromatic heterocycles. The van der Waals surface area contributed by atoms with Gasteiger partial charge in [-0.2, -0.15) is 0 Å². The van der Waals surface area contributed by atoms with Crippen LogP contribution >= 0.6 is 0 Å². The fourth-order valence-electron chi connectivity index (χ4n) is 1.55. The molecule has 0 aliphatic heterocycles. The zero-order valence-corrected chi connectivity index (χ0v) is 11.5. The highest BCUT2D eigenvalue weighted by molar-refractivity contribution is 7.91. The standard InChI is InChI=1S/C13H21NO2S/c1-4-17(15,16)10-9-14-12(3)13-7-5-11(2)6-8-13/h5-8,12,14H,4,9-10H2,1-3H3/t12-/m1/s1. The molecule has 0 aliphatic carbocycles. The Balaban J connectivity index is 2.45. The second-order valence-corrected chi connectivity index (χ2v) is 6.80. The van der Waals surface area contributed by atoms with E-state index in [-0.39, 0.29) is 17.5 Å². The topological polar surface area (TPSA) is 46.2 Å². The summed E-state index contributed by atoms with van der Waals surface area (Å²) in [6, 6.07) is 8.46. The Bertz CT molecular complexity index is 437. The van der Waals surface area contributed by atoms with Crippen LogP contribution in [0, 0.1) is 6.92 Å². The van der Waals surface area contributed by atoms with Gasteiger partial charge in [0.15, 0.2) is 9.84 Å². The van der Waals surface area contributed by atoms with Crippen LogP contribution < -0.4 is 5.32 Å². The molecule has 0 unspecified atom stereocenters. The quantitative estimate of drug-likeness (QED) is 0.846. The number of aryl methyl sites for hydroxylation is 1. The van der Waals surface area contributed by atoms with Crippen LogP contribution in [-0.2, 0) is 9.84 Å². The van der Waals surface area contributed by atoms with Crippen molar-refractivity contribution in [2.24, 2.45) is 0 Å². The van der Waals surface area contributed by atoms with Crippen LogP contribution in [0.25, 0.3) is 0 Å². The van der Waals surface area contributed by atoms with Gasteiger partial charge >= 0.3 is 0 Å². The van der Waals surface area contributed by atoms with Gasteiger partial charge in [-0.15, -0.1) is 0 Å². The fraction of sp³-hybridized carbons (Fsp3) is 0.538. The first-order valence-electron chi connectivity index (χ1n) is 5.95. The normalized spacial score (nSPS) is 13.6. The van der Waals surface area contributed by atoms with E-state index in [1.54, 1.807) is 6.92 Å². The lowest BCUT2D eigenvalue weighted by atomic mass is 10.1. The zero-order valence-electron chi connectivity index (χ0n) is 10.7. The Kier molecular flexibility index (Phi) is 5.15. The summed E-state index contributed by atoms with van der Waals surface area (Å²) in [4.78, 5) is 0. The van der Waals surface area contributed by atoms with Gasteiger partial charge in [0.1, 0.15) is 0 Å². The van der Waals surface area contributed by atoms with Gasteiger partial charge in [0.2, 0.25) is 0 Å². The predicted molar refractivity (Wildman–Crippen MR) is 71.9 cm³/mol. The summed E-state index contributed by atoms with van der Waals surface area (Å²) >= 11 is 0. The highest BCUT2D eigenvalue weighted by Crippen LogP contribution is 2.12. The van der Waals surface area contributed by atoms with Gasteiger partial charge in [0, 0.05) is 18.3 Å². The maximum absolute atomic E-state index is 11.3. The summed E-state index contributed by atoms with van der Waals surface area (Å²) in [6.45, 7) is 6.28. The molecule has 1 aromatic rings. The van der Waals surface area contributed by atoms with Crippen molar-refractivity contribution < 1.29 is 8.42 Å². The van der Waals surface area contributed by atoms with Gasteiger partial charge in [0.25, 0.3) is 0 Å². The molecular weight excluding hydrogens is 234 g/mol. The molecule has 1 N–H and O–H groups in total. The Labute approximate surface area is 104 Å². The van der Waals surface area contributed by atoms with Crippen molar-refractivity contribution in [3.8, 4) is 0 Å². The van der Waals surface area contributed by atoms with Gasteiger partial charge in [-0.25, -0.2) is 8.42 Å². The molecule has 1 aromatic carbocycles. The van der Waals surface area contributed by atoms with E-state index in [4.69, 9.17) is 0 Å². The van der Waals surface area contributed by atoms with Crippen molar-refractivity contribution in [3.05, 3.63) is 35.4 Å². The molecular formula is C13H21NO2S. The van der Waals surface area contributed by atoms with Gasteiger partial charge in [-0.1, -0.05) is 36.8 Å². The first-order valence-corrected chi connectivity index (χ1v) is 7.77. The summed E-state index contributed by atoms with van der Waals surface area (Å²) in [7, 11) is -2.87. The molecule has 96 valence electrons. The molecule has 4 heteroatoms. The third-order valence-corrected chi connectivity index (χ3v) is 4.59. The maximum Gasteiger partial charge on any atom is 0.151 e. The average molecular weight is 255 g/mol. The van der Waals surface area contributed by atoms with Gasteiger partial charge in [0.05, 0.1) is 5.75 Å². The highest BCUT2D eigenvalue weighted by Gasteiger charge is 2.09. The molecule has 1 atom stereocenters. The van der Waals surface area contributed by atoms with E-state index >= 15 is 0 Å². The summed E-state index contributed by atoms with van der Waals surface area (Å²) < 4.78 is 22.6. The Hall–Kier alpha value is -0.870. The minimum absolute atomic E-state index is 0.183. The number of hydrogen-bond donors (Lipinski definition) is 1. The molecule has 17 heavy (non-hydrogen) atoms. The molecule has 0 radical (unpaired) electrons. The number of benzene rings is 1. The Morgan fingerprint density at radius 1 is 1.24 bits per heavy atom. The van der Waals surface area contributed by atoms with Gasteiger partial charge in [-0.05, 0) is 19.4 Å². The van der Waals surface area contributed by atoms with Gasteiger partial charge < -0.3 is 5.32 Å². The van der Waals surface area contributed by atoms with Crippen molar-refractivity contribution in [1.29, 1.82) is 0 Å². The lowest BCUT2D eigenvalue weighted by molar-refractivity contribution is 0.573. The smallest absolute Gasteiger partial charge is 0.151 e. The van der Waals surface area contributed by atoms with Crippen LogP contribution in [0.15, 0.2) is 24.3 Å². The summed E-state index contributed by atoms with van der Waals surface area (Å²) in [5, 5.41) is 3.23. The van der Waals surface area contributed by atoms with Gasteiger partial charge in [-0.3, -0.25) is 0 Å². The SMILES string of the molecule is CCS(=O)(=O)CCN[C@H](C)c1ccc(C)cc1. The van der Waals surface area contributed by atoms with Crippen molar-refractivity contribution in [2.75, 3.05) is 18.1 Å². The van der Waals surface area contributed by atoms with Crippen LogP contribution in [0.1, 0.15) is 31.0 Å². The van der Waals surface area contributed by atoms with Crippen molar-refractivity contribution in [2.45, 2.75) is 26.8 Å². The van der Waals surface area contributed by atoms with Crippen molar-refractivity contribution in [3.63, 3.8) is 0 Å². The third kappa shape index (κ3) is 4.88. The molecule has 0 spiro atoms. The maximum atomic E-state index is 11.3. The monoisotopic (exact) mass is 255 g/mol. The lowest BCUT2D eigenvalue weighted by Crippen LogP contribution is -2.26. The predicted octanol–water partition coefficient (Wildman–Crippen LogP) is 2.08. The number of nitrogens with one attached hydrogen (secondary N) is 1. The fourth-order valence-corrected chi connectivity index (χ4v) is 2.27. The van der Waals surface area contributed by atoms with E-state index in [0.717, 1.165) is 0 Å². The summed E-state index contributed by atoms with van der Waals surface area (Å²) in [6.07, 6.45) is 0. The zero-order chi connectivity index (χ0) is 12.9. The molecule has 3 nitrogen and oxygen atoms in total. The van der Waals surface area contributed by atoms with Crippen molar-refractivity contribution >= 4 is 9.84 Å². The molecule has 0 fully saturated rings. The van der Waals surface area contributed by atoms with E-state index in [2.05, 4.69) is 36.5 Å². The number of hydrogen-bond acceptors (Lipinski definition) is 3. The molecule has 0 saturated carbocycles. The van der Waals surface area contributed by atoms with Crippen LogP contribution in [0.5, 0.6) is 0 Å². The molecule has 0 amide bonds. The lowest BCUT2D eigenvalue weighted by Gasteiger charge is -2.14. The molecule has 0 saturated heterocycles. The third-order valence-electron chi connectivity index (χ3n) is 2.88. The average Bonchev–Trinajstić information content (AvgIpc) is 2.29. The van der Waals surface area contributed by atoms with E-state index in [1.165, 1.54) is 11.1 Å². The molecule has 0 heterocycles. The first-order chi connectivity index (χ1) is 7.94. The highest BCUT2D eigenvalue weighted by atomic mass is 32.2. The number of sulfone groups is 1. The molecule has 1 rings (SSSR count). The van der Waals surface area contributed by atoms with E-state index in [0.29, 0.717) is 6.54 Å². The van der Waals surface area contributed by atoms with E-state index in [9.17, 15) is 8.42 Å². The molecule has 0 aliphatic rings. The second kappa shape index (κ2) is 6.17. The van der Waals surface area contributed by atoms with E-state index in [1.807, 2.05) is 6.92 Å². The van der Waals surface area contributed by atoms with Crippen molar-refractivity contribution in [1.82, 2.24) is 5.32 Å². The van der Waals surface area contributed by atoms with Crippen LogP contribution in [-0.4, -0.2) is 26.5 Å². The van der Waals surface area contributed by atoms with E-state index < -0.39 is 9.84 Å². The Morgan fingerprint density at radius 3 is 2.35 bits per heavy atom. The van der Waals surface area contributed by atoms with Crippen LogP contribution in [0.2, 0.25) is 0 Å². The largest absolute Gasteiger partial charge is 0.309 e. The number of rotatable bonds is 6.